The SMILES string of the molecule is Fc1ccc(-c2n[nH]c3c2CN(C2CCSC2)CC3)cc1F. The summed E-state index contributed by atoms with van der Waals surface area (Å²) in [5.74, 6) is 0.773. The van der Waals surface area contributed by atoms with Crippen LogP contribution in [0.1, 0.15) is 17.7 Å². The third-order valence-electron chi connectivity index (χ3n) is 4.58. The maximum atomic E-state index is 13.5. The van der Waals surface area contributed by atoms with Crippen LogP contribution in [0.2, 0.25) is 0 Å². The Kier molecular flexibility index (Phi) is 3.66. The van der Waals surface area contributed by atoms with Gasteiger partial charge in [0, 0.05) is 48.1 Å². The van der Waals surface area contributed by atoms with Crippen molar-refractivity contribution in [3.63, 3.8) is 0 Å². The number of aromatic amines is 1. The predicted octanol–water partition coefficient (Wildman–Crippen LogP) is 3.22. The Morgan fingerprint density at radius 1 is 1.27 bits per heavy atom. The minimum absolute atomic E-state index is 0.630. The lowest BCUT2D eigenvalue weighted by atomic mass is 9.99. The van der Waals surface area contributed by atoms with Gasteiger partial charge in [0.05, 0.1) is 5.69 Å². The fraction of sp³-hybridized carbons (Fsp3) is 0.438. The second-order valence-corrected chi connectivity index (χ2v) is 7.05. The Bertz CT molecular complexity index is 695. The standard InChI is InChI=1S/C16H17F2N3S/c17-13-2-1-10(7-14(13)18)16-12-8-21(11-4-6-22-9-11)5-3-15(12)19-20-16/h1-2,7,11H,3-6,8-9H2,(H,19,20). The number of thioether (sulfide) groups is 1. The lowest BCUT2D eigenvalue weighted by molar-refractivity contribution is 0.194. The smallest absolute Gasteiger partial charge is 0.159 e. The van der Waals surface area contributed by atoms with E-state index in [9.17, 15) is 8.78 Å². The van der Waals surface area contributed by atoms with Crippen LogP contribution < -0.4 is 0 Å². The van der Waals surface area contributed by atoms with Crippen molar-refractivity contribution >= 4 is 11.8 Å². The minimum Gasteiger partial charge on any atom is -0.295 e. The molecular weight excluding hydrogens is 304 g/mol. The van der Waals surface area contributed by atoms with E-state index in [1.165, 1.54) is 30.1 Å². The summed E-state index contributed by atoms with van der Waals surface area (Å²) in [7, 11) is 0. The quantitative estimate of drug-likeness (QED) is 0.922. The topological polar surface area (TPSA) is 31.9 Å². The second-order valence-electron chi connectivity index (χ2n) is 5.90. The fourth-order valence-corrected chi connectivity index (χ4v) is 4.57. The number of halogens is 2. The molecule has 1 fully saturated rings. The van der Waals surface area contributed by atoms with Crippen LogP contribution in [-0.2, 0) is 13.0 Å². The van der Waals surface area contributed by atoms with Crippen LogP contribution in [0, 0.1) is 11.6 Å². The van der Waals surface area contributed by atoms with Crippen molar-refractivity contribution in [1.82, 2.24) is 15.1 Å². The molecule has 3 nitrogen and oxygen atoms in total. The van der Waals surface area contributed by atoms with Gasteiger partial charge in [0.2, 0.25) is 0 Å². The van der Waals surface area contributed by atoms with Crippen LogP contribution in [0.3, 0.4) is 0 Å². The predicted molar refractivity (Wildman–Crippen MR) is 83.8 cm³/mol. The van der Waals surface area contributed by atoms with Gasteiger partial charge in [-0.15, -0.1) is 0 Å². The van der Waals surface area contributed by atoms with E-state index in [2.05, 4.69) is 15.1 Å². The van der Waals surface area contributed by atoms with Crippen molar-refractivity contribution in [3.05, 3.63) is 41.1 Å². The number of rotatable bonds is 2. The molecule has 1 atom stereocenters. The normalized spacial score (nSPS) is 22.0. The van der Waals surface area contributed by atoms with Crippen LogP contribution in [0.4, 0.5) is 8.78 Å². The number of fused-ring (bicyclic) bond motifs is 1. The summed E-state index contributed by atoms with van der Waals surface area (Å²) in [4.78, 5) is 2.50. The van der Waals surface area contributed by atoms with E-state index in [0.717, 1.165) is 36.5 Å². The first-order valence-corrected chi connectivity index (χ1v) is 8.71. The van der Waals surface area contributed by atoms with E-state index < -0.39 is 11.6 Å². The number of nitrogens with zero attached hydrogens (tertiary/aromatic N) is 2. The lowest BCUT2D eigenvalue weighted by Crippen LogP contribution is -2.39. The van der Waals surface area contributed by atoms with E-state index in [4.69, 9.17) is 0 Å². The van der Waals surface area contributed by atoms with Gasteiger partial charge in [-0.1, -0.05) is 0 Å². The highest BCUT2D eigenvalue weighted by Gasteiger charge is 2.29. The summed E-state index contributed by atoms with van der Waals surface area (Å²) in [5, 5.41) is 7.43. The molecular formula is C16H17F2N3S. The molecule has 1 aromatic heterocycles. The molecule has 0 bridgehead atoms. The number of hydrogen-bond donors (Lipinski definition) is 1. The minimum atomic E-state index is -0.825. The summed E-state index contributed by atoms with van der Waals surface area (Å²) in [6.07, 6.45) is 2.17. The van der Waals surface area contributed by atoms with Gasteiger partial charge < -0.3 is 0 Å². The Balaban J connectivity index is 1.66. The Hall–Kier alpha value is -1.40. The zero-order valence-electron chi connectivity index (χ0n) is 12.1. The molecule has 1 saturated heterocycles. The van der Waals surface area contributed by atoms with Crippen molar-refractivity contribution in [2.75, 3.05) is 18.1 Å². The van der Waals surface area contributed by atoms with Gasteiger partial charge in [0.25, 0.3) is 0 Å². The Labute approximate surface area is 132 Å². The van der Waals surface area contributed by atoms with Gasteiger partial charge in [-0.05, 0) is 30.4 Å². The molecule has 0 saturated carbocycles. The van der Waals surface area contributed by atoms with Crippen molar-refractivity contribution in [1.29, 1.82) is 0 Å². The van der Waals surface area contributed by atoms with Crippen LogP contribution in [0.15, 0.2) is 18.2 Å². The highest BCUT2D eigenvalue weighted by molar-refractivity contribution is 7.99. The number of hydrogen-bond acceptors (Lipinski definition) is 3. The monoisotopic (exact) mass is 321 g/mol. The third-order valence-corrected chi connectivity index (χ3v) is 5.72. The van der Waals surface area contributed by atoms with Crippen LogP contribution >= 0.6 is 11.8 Å². The largest absolute Gasteiger partial charge is 0.295 e. The second kappa shape index (κ2) is 5.66. The van der Waals surface area contributed by atoms with Gasteiger partial charge in [-0.3, -0.25) is 10.00 Å². The van der Waals surface area contributed by atoms with Gasteiger partial charge in [-0.2, -0.15) is 16.9 Å². The van der Waals surface area contributed by atoms with Crippen molar-refractivity contribution in [3.8, 4) is 11.3 Å². The molecule has 1 N–H and O–H groups in total. The molecule has 2 aliphatic rings. The van der Waals surface area contributed by atoms with Gasteiger partial charge in [-0.25, -0.2) is 8.78 Å². The first kappa shape index (κ1) is 14.2. The van der Waals surface area contributed by atoms with Crippen molar-refractivity contribution in [2.24, 2.45) is 0 Å². The molecule has 22 heavy (non-hydrogen) atoms. The van der Waals surface area contributed by atoms with Crippen molar-refractivity contribution < 1.29 is 8.78 Å². The zero-order chi connectivity index (χ0) is 15.1. The number of nitrogens with one attached hydrogen (secondary N) is 1. The van der Waals surface area contributed by atoms with Crippen LogP contribution in [-0.4, -0.2) is 39.2 Å². The van der Waals surface area contributed by atoms with E-state index in [-0.39, 0.29) is 0 Å². The molecule has 2 aliphatic heterocycles. The highest BCUT2D eigenvalue weighted by atomic mass is 32.2. The summed E-state index contributed by atoms with van der Waals surface area (Å²) in [6.45, 7) is 1.88. The van der Waals surface area contributed by atoms with Crippen LogP contribution in [0.25, 0.3) is 11.3 Å². The molecule has 2 aromatic rings. The fourth-order valence-electron chi connectivity index (χ4n) is 3.32. The average Bonchev–Trinajstić information content (AvgIpc) is 3.18. The molecule has 4 rings (SSSR count). The van der Waals surface area contributed by atoms with Crippen molar-refractivity contribution in [2.45, 2.75) is 25.4 Å². The molecule has 3 heterocycles. The van der Waals surface area contributed by atoms with E-state index in [1.54, 1.807) is 6.07 Å². The molecule has 0 spiro atoms. The van der Waals surface area contributed by atoms with E-state index >= 15 is 0 Å². The van der Waals surface area contributed by atoms with E-state index in [1.807, 2.05) is 11.8 Å². The average molecular weight is 321 g/mol. The first-order valence-electron chi connectivity index (χ1n) is 7.55. The Morgan fingerprint density at radius 2 is 2.18 bits per heavy atom. The molecule has 0 amide bonds. The number of aromatic nitrogens is 2. The molecule has 1 unspecified atom stereocenters. The summed E-state index contributed by atoms with van der Waals surface area (Å²) in [6, 6.07) is 4.63. The molecule has 0 radical (unpaired) electrons. The van der Waals surface area contributed by atoms with Crippen LogP contribution in [0.5, 0.6) is 0 Å². The highest BCUT2D eigenvalue weighted by Crippen LogP contribution is 2.32. The maximum absolute atomic E-state index is 13.5. The van der Waals surface area contributed by atoms with E-state index in [0.29, 0.717) is 11.6 Å². The summed E-state index contributed by atoms with van der Waals surface area (Å²) < 4.78 is 26.6. The van der Waals surface area contributed by atoms with Gasteiger partial charge >= 0.3 is 0 Å². The molecule has 116 valence electrons. The zero-order valence-corrected chi connectivity index (χ0v) is 12.9. The molecule has 0 aliphatic carbocycles. The van der Waals surface area contributed by atoms with Gasteiger partial charge in [0.15, 0.2) is 11.6 Å². The first-order chi connectivity index (χ1) is 10.7. The number of H-pyrrole nitrogens is 1. The summed E-state index contributed by atoms with van der Waals surface area (Å²) >= 11 is 2.01. The number of benzene rings is 1. The van der Waals surface area contributed by atoms with Gasteiger partial charge in [0.1, 0.15) is 0 Å². The summed E-state index contributed by atoms with van der Waals surface area (Å²) in [5.41, 5.74) is 3.65. The molecule has 1 aromatic carbocycles. The third kappa shape index (κ3) is 2.44. The maximum Gasteiger partial charge on any atom is 0.159 e. The molecule has 6 heteroatoms. The Morgan fingerprint density at radius 3 is 2.95 bits per heavy atom. The lowest BCUT2D eigenvalue weighted by Gasteiger charge is -2.31.